The van der Waals surface area contributed by atoms with Gasteiger partial charge >= 0.3 is 0 Å². The van der Waals surface area contributed by atoms with Crippen molar-refractivity contribution in [2.75, 3.05) is 12.3 Å². The Morgan fingerprint density at radius 2 is 1.80 bits per heavy atom. The number of rotatable bonds is 5. The molecule has 0 bridgehead atoms. The van der Waals surface area contributed by atoms with Gasteiger partial charge in [0.25, 0.3) is 0 Å². The molecule has 0 spiro atoms. The highest BCUT2D eigenvalue weighted by Gasteiger charge is 2.16. The average molecular weight is 297 g/mol. The predicted octanol–water partition coefficient (Wildman–Crippen LogP) is 3.32. The molecule has 1 aromatic rings. The number of hydrogen-bond donors (Lipinski definition) is 2. The van der Waals surface area contributed by atoms with Crippen LogP contribution in [0.15, 0.2) is 24.3 Å². The Morgan fingerprint density at radius 1 is 1.15 bits per heavy atom. The van der Waals surface area contributed by atoms with Gasteiger partial charge in [-0.3, -0.25) is 4.79 Å². The summed E-state index contributed by atoms with van der Waals surface area (Å²) in [7, 11) is 0. The molecule has 3 nitrogen and oxygen atoms in total. The van der Waals surface area contributed by atoms with Crippen molar-refractivity contribution in [2.24, 2.45) is 5.92 Å². The molecule has 4 heteroatoms. The summed E-state index contributed by atoms with van der Waals surface area (Å²) in [6, 6.07) is 7.84. The van der Waals surface area contributed by atoms with E-state index in [4.69, 9.17) is 5.73 Å². The van der Waals surface area contributed by atoms with Crippen LogP contribution in [0, 0.1) is 5.92 Å². The van der Waals surface area contributed by atoms with Crippen molar-refractivity contribution < 1.29 is 4.79 Å². The maximum Gasteiger partial charge on any atom is 0.220 e. The van der Waals surface area contributed by atoms with Crippen LogP contribution in [0.3, 0.4) is 0 Å². The molecule has 0 saturated heterocycles. The van der Waals surface area contributed by atoms with Crippen molar-refractivity contribution in [1.82, 2.24) is 5.32 Å². The topological polar surface area (TPSA) is 55.1 Å². The number of amides is 1. The van der Waals surface area contributed by atoms with E-state index in [1.165, 1.54) is 37.7 Å². The molecule has 0 aliphatic heterocycles. The fourth-order valence-electron chi connectivity index (χ4n) is 2.76. The van der Waals surface area contributed by atoms with Crippen molar-refractivity contribution in [3.8, 4) is 0 Å². The second-order valence-corrected chi connectivity index (χ2v) is 5.55. The molecule has 3 N–H and O–H groups in total. The van der Waals surface area contributed by atoms with Crippen LogP contribution >= 0.6 is 12.4 Å². The number of nitrogens with two attached hydrogens (primary N) is 1. The Hall–Kier alpha value is -1.22. The molecular weight excluding hydrogens is 272 g/mol. The van der Waals surface area contributed by atoms with Crippen molar-refractivity contribution in [3.63, 3.8) is 0 Å². The molecule has 0 atom stereocenters. The first-order chi connectivity index (χ1) is 9.24. The average Bonchev–Trinajstić information content (AvgIpc) is 2.42. The first-order valence-electron chi connectivity index (χ1n) is 7.35. The number of benzene rings is 1. The normalized spacial score (nSPS) is 15.4. The molecule has 1 aliphatic carbocycles. The van der Waals surface area contributed by atoms with Gasteiger partial charge in [-0.1, -0.05) is 31.4 Å². The maximum absolute atomic E-state index is 11.8. The highest BCUT2D eigenvalue weighted by molar-refractivity contribution is 5.85. The van der Waals surface area contributed by atoms with Crippen LogP contribution in [0.1, 0.15) is 44.1 Å². The first-order valence-corrected chi connectivity index (χ1v) is 7.35. The lowest BCUT2D eigenvalue weighted by Crippen LogP contribution is -2.28. The highest BCUT2D eigenvalue weighted by Crippen LogP contribution is 2.25. The van der Waals surface area contributed by atoms with Crippen LogP contribution in [0.25, 0.3) is 0 Å². The van der Waals surface area contributed by atoms with Gasteiger partial charge in [0.05, 0.1) is 0 Å². The van der Waals surface area contributed by atoms with Crippen LogP contribution in [-0.4, -0.2) is 12.5 Å². The SMILES string of the molecule is Cl.Nc1ccc(CCNC(=O)CC2CCCCC2)cc1. The van der Waals surface area contributed by atoms with Crippen molar-refractivity contribution >= 4 is 24.0 Å². The number of carbonyl (C=O) groups is 1. The minimum absolute atomic E-state index is 0. The monoisotopic (exact) mass is 296 g/mol. The summed E-state index contributed by atoms with van der Waals surface area (Å²) in [6.07, 6.45) is 7.97. The van der Waals surface area contributed by atoms with Gasteiger partial charge in [0.15, 0.2) is 0 Å². The number of carbonyl (C=O) groups excluding carboxylic acids is 1. The second-order valence-electron chi connectivity index (χ2n) is 5.55. The molecule has 0 radical (unpaired) electrons. The summed E-state index contributed by atoms with van der Waals surface area (Å²) in [6.45, 7) is 0.718. The van der Waals surface area contributed by atoms with E-state index in [9.17, 15) is 4.79 Å². The summed E-state index contributed by atoms with van der Waals surface area (Å²) < 4.78 is 0. The molecule has 1 amide bonds. The van der Waals surface area contributed by atoms with Gasteiger partial charge in [0.2, 0.25) is 5.91 Å². The largest absolute Gasteiger partial charge is 0.399 e. The zero-order chi connectivity index (χ0) is 13.5. The van der Waals surface area contributed by atoms with Crippen molar-refractivity contribution in [1.29, 1.82) is 0 Å². The molecule has 1 aromatic carbocycles. The number of nitrogens with one attached hydrogen (secondary N) is 1. The van der Waals surface area contributed by atoms with Crippen LogP contribution in [-0.2, 0) is 11.2 Å². The first kappa shape index (κ1) is 16.8. The van der Waals surface area contributed by atoms with Gasteiger partial charge in [-0.15, -0.1) is 12.4 Å². The molecular formula is C16H25ClN2O. The molecule has 0 aromatic heterocycles. The molecule has 20 heavy (non-hydrogen) atoms. The van der Waals surface area contributed by atoms with Gasteiger partial charge in [-0.05, 0) is 42.9 Å². The van der Waals surface area contributed by atoms with Crippen LogP contribution < -0.4 is 11.1 Å². The van der Waals surface area contributed by atoms with E-state index in [0.29, 0.717) is 12.3 Å². The molecule has 0 unspecified atom stereocenters. The van der Waals surface area contributed by atoms with Gasteiger partial charge in [0.1, 0.15) is 0 Å². The maximum atomic E-state index is 11.8. The number of hydrogen-bond acceptors (Lipinski definition) is 2. The minimum atomic E-state index is 0. The Labute approximate surface area is 127 Å². The fraction of sp³-hybridized carbons (Fsp3) is 0.562. The van der Waals surface area contributed by atoms with E-state index < -0.39 is 0 Å². The van der Waals surface area contributed by atoms with E-state index >= 15 is 0 Å². The minimum Gasteiger partial charge on any atom is -0.399 e. The Morgan fingerprint density at radius 3 is 2.45 bits per heavy atom. The summed E-state index contributed by atoms with van der Waals surface area (Å²) in [4.78, 5) is 11.8. The lowest BCUT2D eigenvalue weighted by Gasteiger charge is -2.20. The zero-order valence-corrected chi connectivity index (χ0v) is 12.8. The summed E-state index contributed by atoms with van der Waals surface area (Å²) in [5.41, 5.74) is 7.64. The third-order valence-corrected chi connectivity index (χ3v) is 3.91. The summed E-state index contributed by atoms with van der Waals surface area (Å²) in [5.74, 6) is 0.826. The highest BCUT2D eigenvalue weighted by atomic mass is 35.5. The Balaban J connectivity index is 0.00000200. The van der Waals surface area contributed by atoms with Crippen molar-refractivity contribution in [3.05, 3.63) is 29.8 Å². The lowest BCUT2D eigenvalue weighted by molar-refractivity contribution is -0.122. The van der Waals surface area contributed by atoms with Gasteiger partial charge in [-0.2, -0.15) is 0 Å². The third kappa shape index (κ3) is 5.83. The zero-order valence-electron chi connectivity index (χ0n) is 11.9. The molecule has 1 fully saturated rings. The van der Waals surface area contributed by atoms with E-state index in [1.54, 1.807) is 0 Å². The van der Waals surface area contributed by atoms with Gasteiger partial charge < -0.3 is 11.1 Å². The van der Waals surface area contributed by atoms with Crippen LogP contribution in [0.4, 0.5) is 5.69 Å². The summed E-state index contributed by atoms with van der Waals surface area (Å²) >= 11 is 0. The van der Waals surface area contributed by atoms with E-state index in [-0.39, 0.29) is 18.3 Å². The van der Waals surface area contributed by atoms with E-state index in [2.05, 4.69) is 5.32 Å². The van der Waals surface area contributed by atoms with E-state index in [0.717, 1.165) is 18.7 Å². The number of nitrogen functional groups attached to an aromatic ring is 1. The molecule has 2 rings (SSSR count). The second kappa shape index (κ2) is 8.85. The molecule has 1 aliphatic rings. The quantitative estimate of drug-likeness (QED) is 0.819. The fourth-order valence-corrected chi connectivity index (χ4v) is 2.76. The summed E-state index contributed by atoms with van der Waals surface area (Å²) in [5, 5.41) is 3.02. The molecule has 112 valence electrons. The van der Waals surface area contributed by atoms with Gasteiger partial charge in [0, 0.05) is 18.7 Å². The molecule has 1 saturated carbocycles. The third-order valence-electron chi connectivity index (χ3n) is 3.91. The lowest BCUT2D eigenvalue weighted by atomic mass is 9.87. The van der Waals surface area contributed by atoms with Crippen LogP contribution in [0.5, 0.6) is 0 Å². The Bertz CT molecular complexity index is 399. The molecule has 0 heterocycles. The van der Waals surface area contributed by atoms with Crippen LogP contribution in [0.2, 0.25) is 0 Å². The smallest absolute Gasteiger partial charge is 0.220 e. The number of anilines is 1. The number of halogens is 1. The van der Waals surface area contributed by atoms with E-state index in [1.807, 2.05) is 24.3 Å². The predicted molar refractivity (Wildman–Crippen MR) is 86.0 cm³/mol. The van der Waals surface area contributed by atoms with Gasteiger partial charge in [-0.25, -0.2) is 0 Å². The Kier molecular flexibility index (Phi) is 7.45. The van der Waals surface area contributed by atoms with Crippen molar-refractivity contribution in [2.45, 2.75) is 44.9 Å². The standard InChI is InChI=1S/C16H24N2O.ClH/c17-15-8-6-13(7-9-15)10-11-18-16(19)12-14-4-2-1-3-5-14;/h6-9,14H,1-5,10-12,17H2,(H,18,19);1H.